The third kappa shape index (κ3) is 5.10. The van der Waals surface area contributed by atoms with Crippen LogP contribution >= 0.6 is 0 Å². The van der Waals surface area contributed by atoms with Gasteiger partial charge in [-0.25, -0.2) is 18.4 Å². The normalized spacial score (nSPS) is 18.0. The fourth-order valence-electron chi connectivity index (χ4n) is 4.30. The van der Waals surface area contributed by atoms with Crippen molar-refractivity contribution in [1.82, 2.24) is 9.97 Å². The molecule has 0 radical (unpaired) electrons. The number of aromatic nitrogens is 2. The van der Waals surface area contributed by atoms with Gasteiger partial charge in [-0.05, 0) is 48.2 Å². The van der Waals surface area contributed by atoms with E-state index in [1.807, 2.05) is 6.92 Å². The van der Waals surface area contributed by atoms with Crippen molar-refractivity contribution in [2.75, 3.05) is 25.0 Å². The number of nitrogens with zero attached hydrogens (tertiary/aromatic N) is 2. The summed E-state index contributed by atoms with van der Waals surface area (Å²) in [6, 6.07) is 9.71. The number of hydrogen-bond donors (Lipinski definition) is 1. The highest BCUT2D eigenvalue weighted by Crippen LogP contribution is 2.46. The van der Waals surface area contributed by atoms with Crippen LogP contribution in [0.25, 0.3) is 0 Å². The number of alkyl halides is 3. The van der Waals surface area contributed by atoms with Gasteiger partial charge in [0.2, 0.25) is 0 Å². The summed E-state index contributed by atoms with van der Waals surface area (Å²) < 4.78 is 79.2. The maximum Gasteiger partial charge on any atom is 0.416 e. The van der Waals surface area contributed by atoms with Crippen molar-refractivity contribution >= 4 is 15.8 Å². The summed E-state index contributed by atoms with van der Waals surface area (Å²) in [6.07, 6.45) is -1.01. The minimum absolute atomic E-state index is 0.0221. The van der Waals surface area contributed by atoms with E-state index in [0.717, 1.165) is 11.6 Å². The standard InChI is InChI=1S/C24H24F3N3O4S/c1-23(19-5-3-17(24(25,26)27)13-16(19)8-11-33-2)9-12-34-21-14-18(4-6-20(21)23)35(31,32)30-22-7-10-28-15-29-22/h3-7,10,13-15H,8-9,11-12H2,1-2H3,(H,28,29,30)/t23-/m0/s1. The summed E-state index contributed by atoms with van der Waals surface area (Å²) in [4.78, 5) is 7.61. The van der Waals surface area contributed by atoms with E-state index in [4.69, 9.17) is 9.47 Å². The zero-order valence-electron chi connectivity index (χ0n) is 19.1. The molecule has 0 bridgehead atoms. The van der Waals surface area contributed by atoms with E-state index in [2.05, 4.69) is 14.7 Å². The summed E-state index contributed by atoms with van der Waals surface area (Å²) in [7, 11) is -2.46. The van der Waals surface area contributed by atoms with Crippen molar-refractivity contribution in [2.24, 2.45) is 0 Å². The molecule has 1 aromatic heterocycles. The molecule has 2 heterocycles. The van der Waals surface area contributed by atoms with Gasteiger partial charge in [0.1, 0.15) is 17.9 Å². The van der Waals surface area contributed by atoms with Crippen LogP contribution in [0.3, 0.4) is 0 Å². The summed E-state index contributed by atoms with van der Waals surface area (Å²) in [5.41, 5.74) is 0.535. The molecule has 0 saturated heterocycles. The molecule has 1 N–H and O–H groups in total. The number of hydrogen-bond acceptors (Lipinski definition) is 6. The van der Waals surface area contributed by atoms with Gasteiger partial charge >= 0.3 is 6.18 Å². The lowest BCUT2D eigenvalue weighted by molar-refractivity contribution is -0.137. The number of benzene rings is 2. The zero-order valence-corrected chi connectivity index (χ0v) is 19.9. The second-order valence-electron chi connectivity index (χ2n) is 8.40. The van der Waals surface area contributed by atoms with E-state index in [1.165, 1.54) is 50.0 Å². The number of anilines is 1. The fourth-order valence-corrected chi connectivity index (χ4v) is 5.32. The Labute approximate surface area is 201 Å². The number of halogens is 3. The molecule has 1 aliphatic rings. The van der Waals surface area contributed by atoms with E-state index in [-0.39, 0.29) is 23.9 Å². The molecule has 0 saturated carbocycles. The third-order valence-corrected chi connectivity index (χ3v) is 7.49. The highest BCUT2D eigenvalue weighted by Gasteiger charge is 2.39. The maximum atomic E-state index is 13.4. The van der Waals surface area contributed by atoms with E-state index in [0.29, 0.717) is 29.7 Å². The quantitative estimate of drug-likeness (QED) is 0.504. The average molecular weight is 508 g/mol. The van der Waals surface area contributed by atoms with Crippen LogP contribution in [0.1, 0.15) is 35.6 Å². The lowest BCUT2D eigenvalue weighted by atomic mass is 9.70. The van der Waals surface area contributed by atoms with Crippen molar-refractivity contribution < 1.29 is 31.1 Å². The van der Waals surface area contributed by atoms with Gasteiger partial charge in [-0.2, -0.15) is 13.2 Å². The van der Waals surface area contributed by atoms with E-state index < -0.39 is 27.2 Å². The number of ether oxygens (including phenoxy) is 2. The monoisotopic (exact) mass is 507 g/mol. The zero-order chi connectivity index (χ0) is 25.3. The number of methoxy groups -OCH3 is 1. The van der Waals surface area contributed by atoms with E-state index in [1.54, 1.807) is 6.07 Å². The maximum absolute atomic E-state index is 13.4. The molecule has 3 aromatic rings. The van der Waals surface area contributed by atoms with Crippen molar-refractivity contribution in [3.63, 3.8) is 0 Å². The minimum Gasteiger partial charge on any atom is -0.493 e. The van der Waals surface area contributed by atoms with Gasteiger partial charge < -0.3 is 9.47 Å². The largest absolute Gasteiger partial charge is 0.493 e. The Bertz CT molecular complexity index is 1320. The Morgan fingerprint density at radius 1 is 1.14 bits per heavy atom. The Balaban J connectivity index is 1.75. The predicted molar refractivity (Wildman–Crippen MR) is 123 cm³/mol. The first-order valence-corrected chi connectivity index (χ1v) is 12.3. The first kappa shape index (κ1) is 24.9. The van der Waals surface area contributed by atoms with Gasteiger partial charge in [0.05, 0.1) is 23.7 Å². The number of rotatable bonds is 7. The second kappa shape index (κ2) is 9.46. The van der Waals surface area contributed by atoms with Gasteiger partial charge in [-0.1, -0.05) is 19.1 Å². The van der Waals surface area contributed by atoms with Crippen LogP contribution in [0.15, 0.2) is 59.9 Å². The molecule has 1 atom stereocenters. The molecule has 4 rings (SSSR count). The molecular formula is C24H24F3N3O4S. The molecule has 0 amide bonds. The van der Waals surface area contributed by atoms with Gasteiger partial charge in [0.25, 0.3) is 10.0 Å². The SMILES string of the molecule is COCCc1cc(C(F)(F)F)ccc1[C@]1(C)CCOc2cc(S(=O)(=O)Nc3ccncn3)ccc21. The molecular weight excluding hydrogens is 483 g/mol. The van der Waals surface area contributed by atoms with Crippen molar-refractivity contribution in [3.05, 3.63) is 77.2 Å². The van der Waals surface area contributed by atoms with Gasteiger partial charge in [0.15, 0.2) is 0 Å². The molecule has 11 heteroatoms. The van der Waals surface area contributed by atoms with E-state index in [9.17, 15) is 21.6 Å². The second-order valence-corrected chi connectivity index (χ2v) is 10.1. The molecule has 0 aliphatic carbocycles. The van der Waals surface area contributed by atoms with Crippen molar-refractivity contribution in [1.29, 1.82) is 0 Å². The average Bonchev–Trinajstić information content (AvgIpc) is 2.82. The van der Waals surface area contributed by atoms with Crippen LogP contribution in [-0.4, -0.2) is 38.7 Å². The van der Waals surface area contributed by atoms with Crippen molar-refractivity contribution in [2.45, 2.75) is 36.3 Å². The van der Waals surface area contributed by atoms with Gasteiger partial charge in [-0.3, -0.25) is 4.72 Å². The summed E-state index contributed by atoms with van der Waals surface area (Å²) in [6.45, 7) is 2.47. The van der Waals surface area contributed by atoms with Crippen LogP contribution in [-0.2, 0) is 32.8 Å². The molecule has 186 valence electrons. The van der Waals surface area contributed by atoms with Crippen LogP contribution < -0.4 is 9.46 Å². The molecule has 35 heavy (non-hydrogen) atoms. The smallest absolute Gasteiger partial charge is 0.416 e. The van der Waals surface area contributed by atoms with Crippen LogP contribution in [0.4, 0.5) is 19.0 Å². The van der Waals surface area contributed by atoms with Crippen LogP contribution in [0.2, 0.25) is 0 Å². The first-order valence-electron chi connectivity index (χ1n) is 10.8. The summed E-state index contributed by atoms with van der Waals surface area (Å²) in [5, 5.41) is 0. The number of nitrogens with one attached hydrogen (secondary N) is 1. The summed E-state index contributed by atoms with van der Waals surface area (Å²) >= 11 is 0. The van der Waals surface area contributed by atoms with Crippen LogP contribution in [0.5, 0.6) is 5.75 Å². The summed E-state index contributed by atoms with van der Waals surface area (Å²) in [5.74, 6) is 0.484. The topological polar surface area (TPSA) is 90.4 Å². The Hall–Kier alpha value is -3.18. The molecule has 1 aliphatic heterocycles. The van der Waals surface area contributed by atoms with Crippen LogP contribution in [0, 0.1) is 0 Å². The predicted octanol–water partition coefficient (Wildman–Crippen LogP) is 4.57. The fraction of sp³-hybridized carbons (Fsp3) is 0.333. The third-order valence-electron chi connectivity index (χ3n) is 6.14. The number of sulfonamides is 1. The highest BCUT2D eigenvalue weighted by atomic mass is 32.2. The lowest BCUT2D eigenvalue weighted by Gasteiger charge is -2.38. The number of fused-ring (bicyclic) bond motifs is 1. The molecule has 0 spiro atoms. The molecule has 0 fully saturated rings. The van der Waals surface area contributed by atoms with E-state index >= 15 is 0 Å². The molecule has 0 unspecified atom stereocenters. The first-order chi connectivity index (χ1) is 16.5. The van der Waals surface area contributed by atoms with Gasteiger partial charge in [-0.15, -0.1) is 0 Å². The Morgan fingerprint density at radius 3 is 2.60 bits per heavy atom. The van der Waals surface area contributed by atoms with Gasteiger partial charge in [0, 0.05) is 30.4 Å². The Kier molecular flexibility index (Phi) is 6.74. The highest BCUT2D eigenvalue weighted by molar-refractivity contribution is 7.92. The Morgan fingerprint density at radius 2 is 1.91 bits per heavy atom. The van der Waals surface area contributed by atoms with Crippen molar-refractivity contribution in [3.8, 4) is 5.75 Å². The minimum atomic E-state index is -4.46. The molecule has 7 nitrogen and oxygen atoms in total. The lowest BCUT2D eigenvalue weighted by Crippen LogP contribution is -2.33. The molecule has 2 aromatic carbocycles.